The second kappa shape index (κ2) is 12.9. The van der Waals surface area contributed by atoms with Gasteiger partial charge >= 0.3 is 0 Å². The van der Waals surface area contributed by atoms with Gasteiger partial charge < -0.3 is 30.7 Å². The van der Waals surface area contributed by atoms with E-state index in [0.717, 1.165) is 55.8 Å². The van der Waals surface area contributed by atoms with Gasteiger partial charge in [0.2, 0.25) is 11.9 Å². The summed E-state index contributed by atoms with van der Waals surface area (Å²) in [4.78, 5) is 22.6. The number of halogens is 2. The van der Waals surface area contributed by atoms with Crippen LogP contribution in [-0.4, -0.2) is 59.5 Å². The fraction of sp³-hybridized carbons (Fsp3) is 0.429. The summed E-state index contributed by atoms with van der Waals surface area (Å²) < 4.78 is 13.7. The number of ether oxygens (including phenoxy) is 2. The van der Waals surface area contributed by atoms with Crippen molar-refractivity contribution in [2.75, 3.05) is 60.8 Å². The summed E-state index contributed by atoms with van der Waals surface area (Å²) in [5.74, 6) is 2.06. The van der Waals surface area contributed by atoms with Gasteiger partial charge in [0.05, 0.1) is 40.6 Å². The number of hydrogen-bond acceptors (Lipinski definition) is 12. The first-order valence-corrected chi connectivity index (χ1v) is 16.3. The zero-order chi connectivity index (χ0) is 29.2. The first-order chi connectivity index (χ1) is 20.4. The highest BCUT2D eigenvalue weighted by molar-refractivity contribution is 7.14. The average Bonchev–Trinajstić information content (AvgIpc) is 3.40. The molecule has 3 unspecified atom stereocenters. The summed E-state index contributed by atoms with van der Waals surface area (Å²) in [6.07, 6.45) is 1.50. The van der Waals surface area contributed by atoms with E-state index in [1.165, 1.54) is 22.7 Å². The van der Waals surface area contributed by atoms with E-state index in [2.05, 4.69) is 35.8 Å². The van der Waals surface area contributed by atoms with Crippen LogP contribution in [0.5, 0.6) is 0 Å². The second-order valence-corrected chi connectivity index (χ2v) is 13.6. The molecule has 0 radical (unpaired) electrons. The zero-order valence-corrected chi connectivity index (χ0v) is 26.2. The van der Waals surface area contributed by atoms with Crippen LogP contribution in [0.1, 0.15) is 41.0 Å². The summed E-state index contributed by atoms with van der Waals surface area (Å²) >= 11 is 16.2. The number of hydrogen-bond donors (Lipinski definition) is 2. The smallest absolute Gasteiger partial charge is 0.222 e. The van der Waals surface area contributed by atoms with Gasteiger partial charge in [0.25, 0.3) is 0 Å². The number of thiophene rings is 2. The fourth-order valence-electron chi connectivity index (χ4n) is 5.70. The Hall–Kier alpha value is -2.74. The van der Waals surface area contributed by atoms with Crippen molar-refractivity contribution < 1.29 is 9.47 Å². The van der Waals surface area contributed by atoms with Crippen molar-refractivity contribution >= 4 is 69.4 Å². The Labute approximate surface area is 262 Å². The van der Waals surface area contributed by atoms with Gasteiger partial charge in [-0.15, -0.1) is 22.7 Å². The van der Waals surface area contributed by atoms with E-state index < -0.39 is 0 Å². The molecule has 0 saturated carbocycles. The van der Waals surface area contributed by atoms with Gasteiger partial charge in [-0.1, -0.05) is 23.2 Å². The van der Waals surface area contributed by atoms with Crippen LogP contribution in [0.15, 0.2) is 35.0 Å². The molecule has 2 fully saturated rings. The molecule has 2 aliphatic heterocycles. The van der Waals surface area contributed by atoms with Gasteiger partial charge in [-0.25, -0.2) is 9.97 Å². The SMILES string of the molecule is Cc1cc(N2CC(Cc3cc(N4CCCOCC4c4ccsc4Cl)nc(N)n3)COCC2c2ccsc2Cl)nc(N)n1. The minimum Gasteiger partial charge on any atom is -0.379 e. The highest BCUT2D eigenvalue weighted by Crippen LogP contribution is 2.38. The number of aryl methyl sites for hydroxylation is 1. The Bertz CT molecular complexity index is 1520. The van der Waals surface area contributed by atoms with E-state index in [0.29, 0.717) is 39.4 Å². The van der Waals surface area contributed by atoms with Gasteiger partial charge in [0, 0.05) is 60.3 Å². The van der Waals surface area contributed by atoms with E-state index in [1.54, 1.807) is 0 Å². The van der Waals surface area contributed by atoms with E-state index in [9.17, 15) is 0 Å². The van der Waals surface area contributed by atoms with Crippen molar-refractivity contribution in [2.45, 2.75) is 31.8 Å². The predicted molar refractivity (Wildman–Crippen MR) is 170 cm³/mol. The standard InChI is InChI=1S/C28H32Cl2N8O2S2/c1-16-9-23(35-27(31)33-16)38-12-17(13-40-15-22(38)20-4-8-42-26(20)30)10-18-11-24(36-28(32)34-18)37-5-2-6-39-14-21(37)19-3-7-41-25(19)29/h3-4,7-9,11,17,21-22H,2,5-6,10,12-15H2,1H3,(H2,31,33,35)(H2,32,34,36). The van der Waals surface area contributed by atoms with E-state index >= 15 is 0 Å². The summed E-state index contributed by atoms with van der Waals surface area (Å²) in [5.41, 5.74) is 16.1. The van der Waals surface area contributed by atoms with Crippen LogP contribution in [0.25, 0.3) is 0 Å². The number of nitrogen functional groups attached to an aromatic ring is 2. The van der Waals surface area contributed by atoms with Crippen LogP contribution in [-0.2, 0) is 15.9 Å². The van der Waals surface area contributed by atoms with Crippen molar-refractivity contribution in [2.24, 2.45) is 5.92 Å². The maximum absolute atomic E-state index is 6.61. The Morgan fingerprint density at radius 1 is 0.857 bits per heavy atom. The first kappa shape index (κ1) is 29.3. The second-order valence-electron chi connectivity index (χ2n) is 10.5. The summed E-state index contributed by atoms with van der Waals surface area (Å²) in [6.45, 7) is 5.54. The topological polar surface area (TPSA) is 129 Å². The van der Waals surface area contributed by atoms with Crippen molar-refractivity contribution in [1.29, 1.82) is 0 Å². The molecule has 4 aromatic rings. The molecule has 0 aromatic carbocycles. The highest BCUT2D eigenvalue weighted by atomic mass is 35.5. The third-order valence-corrected chi connectivity index (χ3v) is 9.94. The lowest BCUT2D eigenvalue weighted by Gasteiger charge is -2.32. The van der Waals surface area contributed by atoms with Gasteiger partial charge in [-0.05, 0) is 42.7 Å². The number of nitrogens with two attached hydrogens (primary N) is 2. The number of aromatic nitrogens is 4. The number of nitrogens with zero attached hydrogens (tertiary/aromatic N) is 6. The molecule has 6 rings (SSSR count). The van der Waals surface area contributed by atoms with Gasteiger partial charge in [0.15, 0.2) is 0 Å². The molecule has 3 atom stereocenters. The maximum Gasteiger partial charge on any atom is 0.222 e. The van der Waals surface area contributed by atoms with Crippen molar-refractivity contribution in [3.63, 3.8) is 0 Å². The molecular weight excluding hydrogens is 615 g/mol. The molecule has 4 aromatic heterocycles. The van der Waals surface area contributed by atoms with Crippen molar-refractivity contribution in [3.05, 3.63) is 66.2 Å². The van der Waals surface area contributed by atoms with E-state index in [1.807, 2.05) is 35.9 Å². The minimum absolute atomic E-state index is 0.0623. The number of rotatable bonds is 6. The van der Waals surface area contributed by atoms with Crippen molar-refractivity contribution in [3.8, 4) is 0 Å². The molecule has 0 amide bonds. The van der Waals surface area contributed by atoms with Gasteiger partial charge in [0.1, 0.15) is 11.6 Å². The molecule has 2 aliphatic rings. The molecule has 4 N–H and O–H groups in total. The molecule has 2 saturated heterocycles. The molecule has 0 bridgehead atoms. The van der Waals surface area contributed by atoms with Crippen LogP contribution in [0.2, 0.25) is 8.67 Å². The quantitative estimate of drug-likeness (QED) is 0.274. The molecule has 14 heteroatoms. The third-order valence-electron chi connectivity index (χ3n) is 7.54. The fourth-order valence-corrected chi connectivity index (χ4v) is 7.73. The van der Waals surface area contributed by atoms with Crippen LogP contribution in [0, 0.1) is 12.8 Å². The van der Waals surface area contributed by atoms with E-state index in [4.69, 9.17) is 44.1 Å². The normalized spacial score (nSPS) is 21.7. The zero-order valence-electron chi connectivity index (χ0n) is 23.1. The highest BCUT2D eigenvalue weighted by Gasteiger charge is 2.32. The Kier molecular flexibility index (Phi) is 8.98. The summed E-state index contributed by atoms with van der Waals surface area (Å²) in [6, 6.07) is 7.90. The molecule has 42 heavy (non-hydrogen) atoms. The van der Waals surface area contributed by atoms with Crippen LogP contribution >= 0.6 is 45.9 Å². The molecule has 0 aliphatic carbocycles. The molecular formula is C28H32Cl2N8O2S2. The van der Waals surface area contributed by atoms with Crippen molar-refractivity contribution in [1.82, 2.24) is 19.9 Å². The molecule has 0 spiro atoms. The van der Waals surface area contributed by atoms with Crippen LogP contribution < -0.4 is 21.3 Å². The van der Waals surface area contributed by atoms with Gasteiger partial charge in [-0.2, -0.15) is 9.97 Å². The Balaban J connectivity index is 1.30. The molecule has 222 valence electrons. The first-order valence-electron chi connectivity index (χ1n) is 13.7. The third kappa shape index (κ3) is 6.43. The minimum atomic E-state index is -0.123. The predicted octanol–water partition coefficient (Wildman–Crippen LogP) is 5.57. The average molecular weight is 648 g/mol. The Morgan fingerprint density at radius 3 is 2.17 bits per heavy atom. The molecule has 10 nitrogen and oxygen atoms in total. The largest absolute Gasteiger partial charge is 0.379 e. The lowest BCUT2D eigenvalue weighted by Crippen LogP contribution is -2.35. The van der Waals surface area contributed by atoms with E-state index in [-0.39, 0.29) is 29.9 Å². The van der Waals surface area contributed by atoms with Gasteiger partial charge in [-0.3, -0.25) is 0 Å². The van der Waals surface area contributed by atoms with Crippen LogP contribution in [0.4, 0.5) is 23.5 Å². The van der Waals surface area contributed by atoms with Crippen LogP contribution in [0.3, 0.4) is 0 Å². The lowest BCUT2D eigenvalue weighted by molar-refractivity contribution is 0.110. The summed E-state index contributed by atoms with van der Waals surface area (Å²) in [5, 5.41) is 4.00. The lowest BCUT2D eigenvalue weighted by atomic mass is 10.0. The summed E-state index contributed by atoms with van der Waals surface area (Å²) in [7, 11) is 0. The monoisotopic (exact) mass is 646 g/mol. The number of anilines is 4. The Morgan fingerprint density at radius 2 is 1.50 bits per heavy atom. The molecule has 6 heterocycles. The maximum atomic E-state index is 6.61.